The molecule has 0 aliphatic heterocycles. The van der Waals surface area contributed by atoms with E-state index in [1.165, 1.54) is 120 Å². The molecule has 252 valence electrons. The first kappa shape index (κ1) is 29.4. The van der Waals surface area contributed by atoms with Crippen molar-refractivity contribution in [2.45, 2.75) is 5.41 Å². The maximum absolute atomic E-state index is 2.47. The predicted molar refractivity (Wildman–Crippen MR) is 233 cm³/mol. The lowest BCUT2D eigenvalue weighted by atomic mass is 9.69. The summed E-state index contributed by atoms with van der Waals surface area (Å²) in [7, 11) is 0. The van der Waals surface area contributed by atoms with Gasteiger partial charge in [0.05, 0.1) is 5.41 Å². The first-order valence-electron chi connectivity index (χ1n) is 19.4. The Labute approximate surface area is 318 Å². The van der Waals surface area contributed by atoms with Gasteiger partial charge in [-0.3, -0.25) is 0 Å². The van der Waals surface area contributed by atoms with Gasteiger partial charge in [0.25, 0.3) is 0 Å². The number of benzene rings is 11. The molecule has 0 saturated carbocycles. The Balaban J connectivity index is 1.14. The van der Waals surface area contributed by atoms with Crippen molar-refractivity contribution in [2.75, 3.05) is 0 Å². The molecule has 0 N–H and O–H groups in total. The molecule has 0 aromatic heterocycles. The lowest BCUT2D eigenvalue weighted by Gasteiger charge is -2.31. The third kappa shape index (κ3) is 3.62. The van der Waals surface area contributed by atoms with Crippen molar-refractivity contribution in [3.8, 4) is 33.4 Å². The van der Waals surface area contributed by atoms with E-state index < -0.39 is 5.41 Å². The molecule has 0 heterocycles. The first-order chi connectivity index (χ1) is 27.3. The van der Waals surface area contributed by atoms with E-state index in [1.54, 1.807) is 0 Å². The van der Waals surface area contributed by atoms with E-state index in [1.807, 2.05) is 0 Å². The average molecular weight is 693 g/mol. The van der Waals surface area contributed by atoms with Crippen LogP contribution in [0.2, 0.25) is 0 Å². The van der Waals surface area contributed by atoms with Gasteiger partial charge in [0.2, 0.25) is 0 Å². The molecule has 0 saturated heterocycles. The van der Waals surface area contributed by atoms with Crippen molar-refractivity contribution in [3.63, 3.8) is 0 Å². The fourth-order valence-electron chi connectivity index (χ4n) is 10.9. The fraction of sp³-hybridized carbons (Fsp3) is 0.0182. The molecule has 11 aromatic rings. The zero-order chi connectivity index (χ0) is 35.8. The van der Waals surface area contributed by atoms with Gasteiger partial charge >= 0.3 is 0 Å². The highest BCUT2D eigenvalue weighted by Crippen LogP contribution is 2.65. The molecule has 0 amide bonds. The number of hydrogen-bond donors (Lipinski definition) is 0. The quantitative estimate of drug-likeness (QED) is 0.150. The average Bonchev–Trinajstić information content (AvgIpc) is 3.73. The molecule has 11 aromatic carbocycles. The molecule has 0 fully saturated rings. The molecule has 0 radical (unpaired) electrons. The van der Waals surface area contributed by atoms with E-state index in [2.05, 4.69) is 194 Å². The minimum Gasteiger partial charge on any atom is -0.0619 e. The summed E-state index contributed by atoms with van der Waals surface area (Å²) in [6, 6.07) is 73.3. The predicted octanol–water partition coefficient (Wildman–Crippen LogP) is 14.6. The molecular formula is C55H32. The summed E-state index contributed by atoms with van der Waals surface area (Å²) in [6.45, 7) is 0. The van der Waals surface area contributed by atoms with Gasteiger partial charge in [0.1, 0.15) is 0 Å². The number of rotatable bonds is 1. The van der Waals surface area contributed by atoms with Crippen LogP contribution in [0.4, 0.5) is 0 Å². The van der Waals surface area contributed by atoms with Crippen LogP contribution in [0.3, 0.4) is 0 Å². The van der Waals surface area contributed by atoms with Gasteiger partial charge in [-0.1, -0.05) is 182 Å². The third-order valence-electron chi connectivity index (χ3n) is 13.0. The summed E-state index contributed by atoms with van der Waals surface area (Å²) < 4.78 is 0. The highest BCUT2D eigenvalue weighted by atomic mass is 14.5. The van der Waals surface area contributed by atoms with Crippen molar-refractivity contribution in [3.05, 3.63) is 216 Å². The van der Waals surface area contributed by atoms with Crippen LogP contribution in [0.1, 0.15) is 22.3 Å². The summed E-state index contributed by atoms with van der Waals surface area (Å²) in [6.07, 6.45) is 0. The largest absolute Gasteiger partial charge is 0.0731 e. The fourth-order valence-corrected chi connectivity index (χ4v) is 10.9. The lowest BCUT2D eigenvalue weighted by Crippen LogP contribution is -2.26. The minimum absolute atomic E-state index is 0.418. The Morgan fingerprint density at radius 2 is 0.818 bits per heavy atom. The molecular weight excluding hydrogens is 661 g/mol. The summed E-state index contributed by atoms with van der Waals surface area (Å²) in [5.74, 6) is 0. The maximum Gasteiger partial charge on any atom is 0.0731 e. The van der Waals surface area contributed by atoms with Crippen LogP contribution in [0.15, 0.2) is 194 Å². The molecule has 1 spiro atoms. The van der Waals surface area contributed by atoms with Crippen molar-refractivity contribution in [1.29, 1.82) is 0 Å². The smallest absolute Gasteiger partial charge is 0.0619 e. The Hall–Kier alpha value is -7.02. The highest BCUT2D eigenvalue weighted by Gasteiger charge is 2.52. The van der Waals surface area contributed by atoms with Crippen LogP contribution in [0.25, 0.3) is 98.0 Å². The summed E-state index contributed by atoms with van der Waals surface area (Å²) in [5, 5.41) is 15.6. The van der Waals surface area contributed by atoms with Gasteiger partial charge in [-0.25, -0.2) is 0 Å². The zero-order valence-corrected chi connectivity index (χ0v) is 30.0. The minimum atomic E-state index is -0.418. The van der Waals surface area contributed by atoms with Gasteiger partial charge in [0, 0.05) is 0 Å². The van der Waals surface area contributed by atoms with Gasteiger partial charge in [-0.2, -0.15) is 0 Å². The van der Waals surface area contributed by atoms with Crippen LogP contribution < -0.4 is 0 Å². The Morgan fingerprint density at radius 3 is 1.55 bits per heavy atom. The van der Waals surface area contributed by atoms with Crippen LogP contribution >= 0.6 is 0 Å². The summed E-state index contributed by atoms with van der Waals surface area (Å²) in [4.78, 5) is 0. The van der Waals surface area contributed by atoms with E-state index >= 15 is 0 Å². The maximum atomic E-state index is 2.47. The second-order valence-corrected chi connectivity index (χ2v) is 15.5. The Bertz CT molecular complexity index is 3440. The molecule has 0 nitrogen and oxygen atoms in total. The van der Waals surface area contributed by atoms with Gasteiger partial charge in [-0.15, -0.1) is 0 Å². The van der Waals surface area contributed by atoms with Crippen LogP contribution in [0.5, 0.6) is 0 Å². The van der Waals surface area contributed by atoms with Gasteiger partial charge in [-0.05, 0) is 132 Å². The van der Waals surface area contributed by atoms with Crippen LogP contribution in [-0.2, 0) is 5.41 Å². The van der Waals surface area contributed by atoms with Crippen molar-refractivity contribution in [1.82, 2.24) is 0 Å². The molecule has 0 heteroatoms. The lowest BCUT2D eigenvalue weighted by molar-refractivity contribution is 0.802. The monoisotopic (exact) mass is 692 g/mol. The standard InChI is InChI=1S/C55H32/c1-2-14-36-33(13-1)27-30-51-53(36)46-29-26-34-31-35(25-28-37(34)54(46)55(51)49-23-11-9-19-42(49)43-20-10-12-24-50(43)55)47-32-48-40-17-4-3-15-38(40)39-16-5-7-21-44(39)52(48)45-22-8-6-18-41(45)47/h1-32H. The third-order valence-corrected chi connectivity index (χ3v) is 13.0. The van der Waals surface area contributed by atoms with E-state index in [0.29, 0.717) is 0 Å². The van der Waals surface area contributed by atoms with E-state index in [0.717, 1.165) is 0 Å². The van der Waals surface area contributed by atoms with Crippen molar-refractivity contribution < 1.29 is 0 Å². The van der Waals surface area contributed by atoms with Crippen LogP contribution in [0, 0.1) is 0 Å². The molecule has 2 aliphatic carbocycles. The van der Waals surface area contributed by atoms with Gasteiger partial charge < -0.3 is 0 Å². The topological polar surface area (TPSA) is 0 Å². The van der Waals surface area contributed by atoms with Crippen molar-refractivity contribution >= 4 is 64.6 Å². The second-order valence-electron chi connectivity index (χ2n) is 15.5. The SMILES string of the molecule is c1ccc2c(c1)-c1ccccc1C21c2ccc3ccccc3c2-c2ccc3cc(-c4cc5c6ccccc6c6ccccc6c5c5ccccc45)ccc3c21. The number of fused-ring (bicyclic) bond motifs is 22. The summed E-state index contributed by atoms with van der Waals surface area (Å²) >= 11 is 0. The molecule has 0 unspecified atom stereocenters. The van der Waals surface area contributed by atoms with Gasteiger partial charge in [0.15, 0.2) is 0 Å². The number of hydrogen-bond acceptors (Lipinski definition) is 0. The van der Waals surface area contributed by atoms with E-state index in [-0.39, 0.29) is 0 Å². The first-order valence-corrected chi connectivity index (χ1v) is 19.4. The van der Waals surface area contributed by atoms with Crippen molar-refractivity contribution in [2.24, 2.45) is 0 Å². The molecule has 55 heavy (non-hydrogen) atoms. The van der Waals surface area contributed by atoms with E-state index in [9.17, 15) is 0 Å². The Kier molecular flexibility index (Phi) is 5.65. The molecule has 0 bridgehead atoms. The molecule has 2 aliphatic rings. The highest BCUT2D eigenvalue weighted by molar-refractivity contribution is 6.33. The molecule has 0 atom stereocenters. The normalized spacial score (nSPS) is 13.6. The zero-order valence-electron chi connectivity index (χ0n) is 30.0. The Morgan fingerprint density at radius 1 is 0.273 bits per heavy atom. The van der Waals surface area contributed by atoms with E-state index in [4.69, 9.17) is 0 Å². The molecule has 13 rings (SSSR count). The summed E-state index contributed by atoms with van der Waals surface area (Å²) in [5.41, 5.74) is 13.0. The second kappa shape index (κ2) is 10.6. The van der Waals surface area contributed by atoms with Crippen LogP contribution in [-0.4, -0.2) is 0 Å².